The molecular formula is C27H44ClF3N2O2Si. The van der Waals surface area contributed by atoms with Crippen molar-refractivity contribution in [2.45, 2.75) is 121 Å². The van der Waals surface area contributed by atoms with E-state index in [9.17, 15) is 8.78 Å². The molecule has 206 valence electrons. The Labute approximate surface area is 221 Å². The molecule has 0 amide bonds. The zero-order valence-electron chi connectivity index (χ0n) is 23.1. The number of ether oxygens (including phenoxy) is 1. The van der Waals surface area contributed by atoms with Crippen molar-refractivity contribution in [3.63, 3.8) is 0 Å². The summed E-state index contributed by atoms with van der Waals surface area (Å²) in [6, 6.07) is 3.35. The van der Waals surface area contributed by atoms with Crippen molar-refractivity contribution in [3.8, 4) is 5.75 Å². The van der Waals surface area contributed by atoms with Crippen molar-refractivity contribution < 1.29 is 22.3 Å². The van der Waals surface area contributed by atoms with Gasteiger partial charge < -0.3 is 19.4 Å². The smallest absolute Gasteiger partial charge is 0.420 e. The van der Waals surface area contributed by atoms with Crippen LogP contribution in [0.4, 0.5) is 18.9 Å². The van der Waals surface area contributed by atoms with Gasteiger partial charge in [0.1, 0.15) is 6.61 Å². The van der Waals surface area contributed by atoms with Crippen LogP contribution >= 0.6 is 11.6 Å². The van der Waals surface area contributed by atoms with Crippen molar-refractivity contribution in [1.82, 2.24) is 5.32 Å². The number of benzene rings is 1. The highest BCUT2D eigenvalue weighted by molar-refractivity contribution is 6.77. The minimum atomic E-state index is -3.71. The molecule has 0 spiro atoms. The maximum Gasteiger partial charge on any atom is 0.420 e. The maximum atomic E-state index is 15.3. The lowest BCUT2D eigenvalue weighted by Crippen LogP contribution is -2.67. The summed E-state index contributed by atoms with van der Waals surface area (Å²) in [5.74, 6) is -1.52. The first-order valence-corrected chi connectivity index (χ1v) is 15.9. The molecule has 9 heteroatoms. The molecule has 1 N–H and O–H groups in total. The van der Waals surface area contributed by atoms with Crippen LogP contribution in [0.1, 0.15) is 81.1 Å². The molecular weight excluding hydrogens is 505 g/mol. The van der Waals surface area contributed by atoms with Crippen molar-refractivity contribution in [3.05, 3.63) is 23.0 Å². The molecule has 0 bridgehead atoms. The van der Waals surface area contributed by atoms with Crippen molar-refractivity contribution in [2.24, 2.45) is 0 Å². The van der Waals surface area contributed by atoms with E-state index in [0.717, 1.165) is 25.7 Å². The number of rotatable bonds is 9. The van der Waals surface area contributed by atoms with Crippen LogP contribution in [0.5, 0.6) is 5.75 Å². The van der Waals surface area contributed by atoms with Gasteiger partial charge in [0.2, 0.25) is 8.32 Å². The second-order valence-electron chi connectivity index (χ2n) is 12.2. The van der Waals surface area contributed by atoms with Gasteiger partial charge in [-0.05, 0) is 49.4 Å². The largest absolute Gasteiger partial charge is 0.426 e. The molecule has 1 saturated carbocycles. The van der Waals surface area contributed by atoms with E-state index >= 15 is 4.39 Å². The third-order valence-electron chi connectivity index (χ3n) is 8.03. The molecule has 1 aromatic carbocycles. The topological polar surface area (TPSA) is 33.7 Å². The predicted molar refractivity (Wildman–Crippen MR) is 145 cm³/mol. The molecule has 1 heterocycles. The summed E-state index contributed by atoms with van der Waals surface area (Å²) in [7, 11) is -2.54. The van der Waals surface area contributed by atoms with E-state index in [1.807, 2.05) is 41.5 Å². The Morgan fingerprint density at radius 2 is 1.67 bits per heavy atom. The van der Waals surface area contributed by atoms with Gasteiger partial charge in [-0.1, -0.05) is 66.0 Å². The highest BCUT2D eigenvalue weighted by Crippen LogP contribution is 2.44. The molecule has 1 saturated heterocycles. The van der Waals surface area contributed by atoms with Crippen LogP contribution < -0.4 is 15.0 Å². The standard InChI is InChI=1S/C27H44ClF3N2O2Si/c1-17(2)36(18(3)4,19(5)6)34-16-27(30,31)35-25-21(28)13-20(14-22(25)29)33-15-26(7,8)32-23-11-9-10-12-24(23)33/h13-14,17-19,23-24,32H,9-12,15-16H2,1-8H3/t23-,24-/m0/s1. The number of anilines is 1. The molecule has 0 radical (unpaired) electrons. The number of hydrogen-bond acceptors (Lipinski definition) is 4. The molecule has 2 fully saturated rings. The predicted octanol–water partition coefficient (Wildman–Crippen LogP) is 8.14. The van der Waals surface area contributed by atoms with Gasteiger partial charge in [0.05, 0.1) is 5.02 Å². The Hall–Kier alpha value is -0.963. The average molecular weight is 549 g/mol. The van der Waals surface area contributed by atoms with E-state index in [1.54, 1.807) is 6.07 Å². The van der Waals surface area contributed by atoms with Gasteiger partial charge >= 0.3 is 6.11 Å². The second kappa shape index (κ2) is 11.0. The highest BCUT2D eigenvalue weighted by Gasteiger charge is 2.48. The minimum absolute atomic E-state index is 0.139. The monoisotopic (exact) mass is 548 g/mol. The quantitative estimate of drug-likeness (QED) is 0.316. The lowest BCUT2D eigenvalue weighted by molar-refractivity contribution is -0.199. The molecule has 4 nitrogen and oxygen atoms in total. The molecule has 36 heavy (non-hydrogen) atoms. The fourth-order valence-corrected chi connectivity index (χ4v) is 12.4. The van der Waals surface area contributed by atoms with E-state index in [4.69, 9.17) is 20.8 Å². The van der Waals surface area contributed by atoms with Crippen molar-refractivity contribution in [2.75, 3.05) is 18.1 Å². The van der Waals surface area contributed by atoms with Crippen LogP contribution in [-0.4, -0.2) is 45.2 Å². The molecule has 0 aromatic heterocycles. The van der Waals surface area contributed by atoms with E-state index in [2.05, 4.69) is 24.1 Å². The van der Waals surface area contributed by atoms with E-state index in [1.165, 1.54) is 6.07 Å². The van der Waals surface area contributed by atoms with E-state index in [-0.39, 0.29) is 33.2 Å². The van der Waals surface area contributed by atoms with Crippen LogP contribution in [0.2, 0.25) is 21.6 Å². The molecule has 0 unspecified atom stereocenters. The third-order valence-corrected chi connectivity index (χ3v) is 14.4. The van der Waals surface area contributed by atoms with Gasteiger partial charge in [0.15, 0.2) is 11.6 Å². The molecule has 1 aliphatic carbocycles. The molecule has 3 rings (SSSR count). The minimum Gasteiger partial charge on any atom is -0.426 e. The first kappa shape index (κ1) is 29.6. The number of nitrogens with one attached hydrogen (secondary N) is 1. The third kappa shape index (κ3) is 6.19. The Morgan fingerprint density at radius 1 is 1.08 bits per heavy atom. The summed E-state index contributed by atoms with van der Waals surface area (Å²) in [6.07, 6.45) is 0.605. The summed E-state index contributed by atoms with van der Waals surface area (Å²) < 4.78 is 56.2. The number of fused-ring (bicyclic) bond motifs is 1. The van der Waals surface area contributed by atoms with Crippen LogP contribution in [-0.2, 0) is 4.43 Å². The van der Waals surface area contributed by atoms with E-state index < -0.39 is 32.6 Å². The first-order valence-electron chi connectivity index (χ1n) is 13.3. The molecule has 1 aliphatic heterocycles. The van der Waals surface area contributed by atoms with Gasteiger partial charge in [0.25, 0.3) is 0 Å². The van der Waals surface area contributed by atoms with Gasteiger partial charge in [-0.2, -0.15) is 8.78 Å². The summed E-state index contributed by atoms with van der Waals surface area (Å²) in [5, 5.41) is 3.55. The zero-order valence-corrected chi connectivity index (χ0v) is 24.8. The normalized spacial score (nSPS) is 22.9. The molecule has 1 aromatic rings. The maximum absolute atomic E-state index is 15.3. The Bertz CT molecular complexity index is 868. The van der Waals surface area contributed by atoms with Crippen LogP contribution in [0.25, 0.3) is 0 Å². The summed E-state index contributed by atoms with van der Waals surface area (Å²) in [6.45, 7) is 16.1. The number of hydrogen-bond donors (Lipinski definition) is 1. The van der Waals surface area contributed by atoms with Crippen molar-refractivity contribution >= 4 is 25.6 Å². The number of halogens is 4. The van der Waals surface area contributed by atoms with Crippen LogP contribution in [0.3, 0.4) is 0 Å². The summed E-state index contributed by atoms with van der Waals surface area (Å²) in [5.41, 5.74) is 0.849. The Kier molecular flexibility index (Phi) is 9.07. The van der Waals surface area contributed by atoms with Gasteiger partial charge in [-0.15, -0.1) is 0 Å². The number of nitrogens with zero attached hydrogens (tertiary/aromatic N) is 1. The summed E-state index contributed by atoms with van der Waals surface area (Å²) >= 11 is 6.37. The lowest BCUT2D eigenvalue weighted by atomic mass is 9.83. The first-order chi connectivity index (χ1) is 16.6. The van der Waals surface area contributed by atoms with E-state index in [0.29, 0.717) is 18.3 Å². The average Bonchev–Trinajstić information content (AvgIpc) is 2.74. The fraction of sp³-hybridized carbons (Fsp3) is 0.778. The van der Waals surface area contributed by atoms with Gasteiger partial charge in [0, 0.05) is 35.9 Å². The highest BCUT2D eigenvalue weighted by atomic mass is 35.5. The Morgan fingerprint density at radius 3 is 2.22 bits per heavy atom. The van der Waals surface area contributed by atoms with Crippen LogP contribution in [0.15, 0.2) is 12.1 Å². The van der Waals surface area contributed by atoms with Crippen LogP contribution in [0, 0.1) is 5.82 Å². The number of piperazine rings is 1. The second-order valence-corrected chi connectivity index (χ2v) is 18.1. The van der Waals surface area contributed by atoms with Gasteiger partial charge in [-0.3, -0.25) is 0 Å². The molecule has 2 atom stereocenters. The van der Waals surface area contributed by atoms with Gasteiger partial charge in [-0.25, -0.2) is 4.39 Å². The summed E-state index contributed by atoms with van der Waals surface area (Å²) in [4.78, 5) is 2.17. The zero-order chi connectivity index (χ0) is 27.1. The lowest BCUT2D eigenvalue weighted by Gasteiger charge is -2.52. The Balaban J connectivity index is 1.82. The number of alkyl halides is 2. The SMILES string of the molecule is CC(C)[Si](OCC(F)(F)Oc1c(F)cc(N2CC(C)(C)N[C@H]3CCCC[C@@H]32)cc1Cl)(C(C)C)C(C)C. The molecule has 2 aliphatic rings. The van der Waals surface area contributed by atoms with Crippen molar-refractivity contribution in [1.29, 1.82) is 0 Å². The fourth-order valence-electron chi connectivity index (χ4n) is 6.72.